The summed E-state index contributed by atoms with van der Waals surface area (Å²) in [6.07, 6.45) is 0.742. The van der Waals surface area contributed by atoms with Gasteiger partial charge in [0.05, 0.1) is 18.0 Å². The zero-order valence-electron chi connectivity index (χ0n) is 8.86. The predicted octanol–water partition coefficient (Wildman–Crippen LogP) is 1.30. The lowest BCUT2D eigenvalue weighted by atomic mass is 10.4. The number of hydrogen-bond donors (Lipinski definition) is 0. The molecule has 1 aliphatic heterocycles. The van der Waals surface area contributed by atoms with E-state index in [4.69, 9.17) is 0 Å². The van der Waals surface area contributed by atoms with Gasteiger partial charge in [-0.25, -0.2) is 13.4 Å². The zero-order valence-corrected chi connectivity index (χ0v) is 10.5. The summed E-state index contributed by atoms with van der Waals surface area (Å²) in [7, 11) is -2.99. The summed E-state index contributed by atoms with van der Waals surface area (Å²) in [6.45, 7) is 5.05. The molecule has 1 aliphatic rings. The van der Waals surface area contributed by atoms with Crippen molar-refractivity contribution < 1.29 is 8.42 Å². The lowest BCUT2D eigenvalue weighted by Gasteiger charge is -2.11. The highest BCUT2D eigenvalue weighted by molar-refractivity contribution is 7.89. The van der Waals surface area contributed by atoms with Gasteiger partial charge in [-0.05, 0) is 20.3 Å². The fourth-order valence-corrected chi connectivity index (χ4v) is 4.14. The van der Waals surface area contributed by atoms with E-state index in [1.165, 1.54) is 9.18 Å². The molecule has 1 aromatic rings. The highest BCUT2D eigenvalue weighted by Gasteiger charge is 2.28. The van der Waals surface area contributed by atoms with Crippen molar-refractivity contribution >= 4 is 21.4 Å². The van der Waals surface area contributed by atoms with Crippen molar-refractivity contribution in [3.8, 4) is 0 Å². The average molecular weight is 246 g/mol. The van der Waals surface area contributed by atoms with Crippen LogP contribution in [0.4, 0.5) is 0 Å². The zero-order chi connectivity index (χ0) is 11.1. The van der Waals surface area contributed by atoms with Crippen LogP contribution in [-0.4, -0.2) is 30.0 Å². The number of hydrogen-bond acceptors (Lipinski definition) is 4. The van der Waals surface area contributed by atoms with Gasteiger partial charge < -0.3 is 0 Å². The molecule has 1 saturated heterocycles. The number of aryl methyl sites for hydroxylation is 2. The molecular formula is C9H14N2O2S2. The van der Waals surface area contributed by atoms with Crippen LogP contribution in [0.2, 0.25) is 0 Å². The van der Waals surface area contributed by atoms with E-state index in [1.54, 1.807) is 11.3 Å². The van der Waals surface area contributed by atoms with Crippen LogP contribution in [0.15, 0.2) is 0 Å². The fraction of sp³-hybridized carbons (Fsp3) is 0.667. The van der Waals surface area contributed by atoms with Crippen molar-refractivity contribution in [2.45, 2.75) is 26.8 Å². The average Bonchev–Trinajstić information content (AvgIpc) is 2.59. The Morgan fingerprint density at radius 3 is 2.67 bits per heavy atom. The summed E-state index contributed by atoms with van der Waals surface area (Å²) in [5, 5.41) is 0.899. The Hall–Kier alpha value is -0.460. The quantitative estimate of drug-likeness (QED) is 0.790. The van der Waals surface area contributed by atoms with Crippen LogP contribution in [0.5, 0.6) is 0 Å². The van der Waals surface area contributed by atoms with Crippen LogP contribution in [0.3, 0.4) is 0 Å². The highest BCUT2D eigenvalue weighted by atomic mass is 32.2. The lowest BCUT2D eigenvalue weighted by molar-refractivity contribution is 0.438. The van der Waals surface area contributed by atoms with E-state index in [1.807, 2.05) is 13.8 Å². The Morgan fingerprint density at radius 2 is 2.20 bits per heavy atom. The van der Waals surface area contributed by atoms with Crippen molar-refractivity contribution in [1.82, 2.24) is 9.29 Å². The fourth-order valence-electron chi connectivity index (χ4n) is 1.63. The first-order chi connectivity index (χ1) is 6.99. The van der Waals surface area contributed by atoms with Gasteiger partial charge in [0.2, 0.25) is 10.0 Å². The smallest absolute Gasteiger partial charge is 0.214 e. The molecule has 1 fully saturated rings. The number of aromatic nitrogens is 1. The summed E-state index contributed by atoms with van der Waals surface area (Å²) in [5.41, 5.74) is 1.01. The molecule has 0 atom stereocenters. The molecule has 0 radical (unpaired) electrons. The molecule has 2 heterocycles. The van der Waals surface area contributed by atoms with Crippen molar-refractivity contribution in [3.63, 3.8) is 0 Å². The lowest BCUT2D eigenvalue weighted by Crippen LogP contribution is -2.25. The van der Waals surface area contributed by atoms with Crippen molar-refractivity contribution in [3.05, 3.63) is 15.6 Å². The normalized spacial score (nSPS) is 20.9. The van der Waals surface area contributed by atoms with Crippen LogP contribution in [0.1, 0.15) is 22.0 Å². The third-order valence-corrected chi connectivity index (χ3v) is 5.55. The number of nitrogens with zero attached hydrogens (tertiary/aromatic N) is 2. The van der Waals surface area contributed by atoms with Gasteiger partial charge in [0, 0.05) is 11.4 Å². The van der Waals surface area contributed by atoms with E-state index in [0.29, 0.717) is 13.1 Å². The number of thiazole rings is 1. The SMILES string of the molecule is Cc1nc(CN2CCCS2(=O)=O)sc1C. The largest absolute Gasteiger partial charge is 0.245 e. The first-order valence-electron chi connectivity index (χ1n) is 4.90. The molecule has 84 valence electrons. The van der Waals surface area contributed by atoms with E-state index in [9.17, 15) is 8.42 Å². The van der Waals surface area contributed by atoms with Crippen LogP contribution < -0.4 is 0 Å². The Kier molecular flexibility index (Phi) is 2.83. The van der Waals surface area contributed by atoms with E-state index < -0.39 is 10.0 Å². The molecule has 6 heteroatoms. The van der Waals surface area contributed by atoms with Gasteiger partial charge in [-0.15, -0.1) is 11.3 Å². The van der Waals surface area contributed by atoms with Gasteiger partial charge in [-0.2, -0.15) is 4.31 Å². The Labute approximate surface area is 94.0 Å². The molecule has 0 N–H and O–H groups in total. The van der Waals surface area contributed by atoms with Gasteiger partial charge in [0.25, 0.3) is 0 Å². The summed E-state index contributed by atoms with van der Waals surface area (Å²) in [4.78, 5) is 5.52. The van der Waals surface area contributed by atoms with Gasteiger partial charge in [0.1, 0.15) is 5.01 Å². The van der Waals surface area contributed by atoms with E-state index in [-0.39, 0.29) is 5.75 Å². The topological polar surface area (TPSA) is 50.3 Å². The highest BCUT2D eigenvalue weighted by Crippen LogP contribution is 2.22. The van der Waals surface area contributed by atoms with Crippen molar-refractivity contribution in [2.75, 3.05) is 12.3 Å². The second-order valence-electron chi connectivity index (χ2n) is 3.75. The molecule has 0 aromatic carbocycles. The molecule has 2 rings (SSSR count). The minimum Gasteiger partial charge on any atom is -0.245 e. The molecule has 0 saturated carbocycles. The predicted molar refractivity (Wildman–Crippen MR) is 60.4 cm³/mol. The molecule has 0 unspecified atom stereocenters. The van der Waals surface area contributed by atoms with Crippen molar-refractivity contribution in [1.29, 1.82) is 0 Å². The standard InChI is InChI=1S/C9H14N2O2S2/c1-7-8(2)14-9(10-7)6-11-4-3-5-15(11,12)13/h3-6H2,1-2H3. The minimum atomic E-state index is -2.99. The Balaban J connectivity index is 2.16. The van der Waals surface area contributed by atoms with Crippen LogP contribution in [0, 0.1) is 13.8 Å². The Morgan fingerprint density at radius 1 is 1.47 bits per heavy atom. The molecule has 0 aliphatic carbocycles. The van der Waals surface area contributed by atoms with E-state index >= 15 is 0 Å². The van der Waals surface area contributed by atoms with Crippen LogP contribution >= 0.6 is 11.3 Å². The van der Waals surface area contributed by atoms with Gasteiger partial charge in [-0.1, -0.05) is 0 Å². The second-order valence-corrected chi connectivity index (χ2v) is 7.13. The van der Waals surface area contributed by atoms with E-state index in [0.717, 1.165) is 17.1 Å². The third kappa shape index (κ3) is 2.21. The molecule has 0 spiro atoms. The summed E-state index contributed by atoms with van der Waals surface area (Å²) in [5.74, 6) is 0.288. The minimum absolute atomic E-state index is 0.288. The summed E-state index contributed by atoms with van der Waals surface area (Å²) >= 11 is 1.58. The Bertz CT molecular complexity index is 445. The van der Waals surface area contributed by atoms with Crippen LogP contribution in [0.25, 0.3) is 0 Å². The van der Waals surface area contributed by atoms with Gasteiger partial charge in [-0.3, -0.25) is 0 Å². The van der Waals surface area contributed by atoms with E-state index in [2.05, 4.69) is 4.98 Å². The maximum absolute atomic E-state index is 11.6. The van der Waals surface area contributed by atoms with Gasteiger partial charge >= 0.3 is 0 Å². The van der Waals surface area contributed by atoms with Crippen LogP contribution in [-0.2, 0) is 16.6 Å². The maximum Gasteiger partial charge on any atom is 0.214 e. The molecule has 15 heavy (non-hydrogen) atoms. The molecule has 1 aromatic heterocycles. The second kappa shape index (κ2) is 3.84. The summed E-state index contributed by atoms with van der Waals surface area (Å²) in [6, 6.07) is 0. The maximum atomic E-state index is 11.6. The molecule has 4 nitrogen and oxygen atoms in total. The molecule has 0 bridgehead atoms. The van der Waals surface area contributed by atoms with Gasteiger partial charge in [0.15, 0.2) is 0 Å². The molecular weight excluding hydrogens is 232 g/mol. The number of sulfonamides is 1. The number of rotatable bonds is 2. The first kappa shape index (κ1) is 11.0. The first-order valence-corrected chi connectivity index (χ1v) is 7.32. The summed E-state index contributed by atoms with van der Waals surface area (Å²) < 4.78 is 24.7. The monoisotopic (exact) mass is 246 g/mol. The molecule has 0 amide bonds. The van der Waals surface area contributed by atoms with Crippen molar-refractivity contribution in [2.24, 2.45) is 0 Å². The third-order valence-electron chi connectivity index (χ3n) is 2.59.